The second-order valence-electron chi connectivity index (χ2n) is 2.76. The Kier molecular flexibility index (Phi) is 2.32. The zero-order valence-corrected chi connectivity index (χ0v) is 7.46. The summed E-state index contributed by atoms with van der Waals surface area (Å²) in [5.74, 6) is 0.520. The fourth-order valence-electron chi connectivity index (χ4n) is 1.24. The molecule has 2 aromatic rings. The highest BCUT2D eigenvalue weighted by atomic mass is 16.3. The molecule has 1 amide bonds. The summed E-state index contributed by atoms with van der Waals surface area (Å²) in [7, 11) is 0. The van der Waals surface area contributed by atoms with Gasteiger partial charge in [0.1, 0.15) is 0 Å². The van der Waals surface area contributed by atoms with Crippen molar-refractivity contribution >= 4 is 18.0 Å². The first kappa shape index (κ1) is 8.56. The van der Waals surface area contributed by atoms with Crippen molar-refractivity contribution < 1.29 is 9.21 Å². The third-order valence-electron chi connectivity index (χ3n) is 1.88. The first-order valence-corrected chi connectivity index (χ1v) is 4.25. The first-order chi connectivity index (χ1) is 6.92. The Morgan fingerprint density at radius 3 is 2.43 bits per heavy atom. The minimum atomic E-state index is 0.520. The predicted molar refractivity (Wildman–Crippen MR) is 53.4 cm³/mol. The predicted octanol–water partition coefficient (Wildman–Crippen LogP) is 2.57. The summed E-state index contributed by atoms with van der Waals surface area (Å²) < 4.78 is 5.14. The van der Waals surface area contributed by atoms with Crippen molar-refractivity contribution in [1.82, 2.24) is 0 Å². The number of rotatable bonds is 3. The quantitative estimate of drug-likeness (QED) is 0.692. The molecule has 0 aliphatic heterocycles. The van der Waals surface area contributed by atoms with E-state index in [1.165, 1.54) is 11.2 Å². The molecule has 3 nitrogen and oxygen atoms in total. The number of hydrogen-bond donors (Lipinski definition) is 0. The molecule has 2 rings (SSSR count). The highest BCUT2D eigenvalue weighted by Gasteiger charge is 2.08. The standard InChI is InChI=1S/C11H9NO2/c13-9-12(11-7-4-8-14-11)10-5-2-1-3-6-10/h1-9H. The molecule has 0 saturated heterocycles. The summed E-state index contributed by atoms with van der Waals surface area (Å²) >= 11 is 0. The van der Waals surface area contributed by atoms with E-state index in [4.69, 9.17) is 4.42 Å². The molecule has 3 heteroatoms. The fraction of sp³-hybridized carbons (Fsp3) is 0. The number of anilines is 2. The lowest BCUT2D eigenvalue weighted by atomic mass is 10.3. The Bertz CT molecular complexity index is 394. The van der Waals surface area contributed by atoms with Crippen molar-refractivity contribution in [3.63, 3.8) is 0 Å². The smallest absolute Gasteiger partial charge is 0.221 e. The summed E-state index contributed by atoms with van der Waals surface area (Å²) in [5.41, 5.74) is 0.789. The van der Waals surface area contributed by atoms with Crippen LogP contribution in [0, 0.1) is 0 Å². The van der Waals surface area contributed by atoms with Gasteiger partial charge in [-0.05, 0) is 18.2 Å². The average Bonchev–Trinajstić information content (AvgIpc) is 2.74. The van der Waals surface area contributed by atoms with Gasteiger partial charge in [0.25, 0.3) is 0 Å². The van der Waals surface area contributed by atoms with Gasteiger partial charge in [0, 0.05) is 6.07 Å². The van der Waals surface area contributed by atoms with Gasteiger partial charge in [-0.25, -0.2) is 0 Å². The van der Waals surface area contributed by atoms with Crippen LogP contribution >= 0.6 is 0 Å². The molecular weight excluding hydrogens is 178 g/mol. The second kappa shape index (κ2) is 3.79. The molecule has 1 aromatic carbocycles. The number of hydrogen-bond acceptors (Lipinski definition) is 2. The molecule has 0 unspecified atom stereocenters. The first-order valence-electron chi connectivity index (χ1n) is 4.25. The largest absolute Gasteiger partial charge is 0.448 e. The fourth-order valence-corrected chi connectivity index (χ4v) is 1.24. The maximum absolute atomic E-state index is 10.9. The zero-order valence-electron chi connectivity index (χ0n) is 7.46. The van der Waals surface area contributed by atoms with E-state index >= 15 is 0 Å². The summed E-state index contributed by atoms with van der Waals surface area (Å²) in [6.07, 6.45) is 2.27. The van der Waals surface area contributed by atoms with Crippen LogP contribution in [0.15, 0.2) is 53.1 Å². The van der Waals surface area contributed by atoms with Gasteiger partial charge in [-0.2, -0.15) is 0 Å². The molecule has 0 bridgehead atoms. The van der Waals surface area contributed by atoms with Gasteiger partial charge in [0.2, 0.25) is 12.3 Å². The Hall–Kier alpha value is -2.03. The molecule has 0 aliphatic rings. The van der Waals surface area contributed by atoms with E-state index < -0.39 is 0 Å². The normalized spacial score (nSPS) is 9.71. The number of para-hydroxylation sites is 1. The van der Waals surface area contributed by atoms with Crippen molar-refractivity contribution in [2.75, 3.05) is 4.90 Å². The Morgan fingerprint density at radius 2 is 1.86 bits per heavy atom. The summed E-state index contributed by atoms with van der Waals surface area (Å²) in [5, 5.41) is 0. The minimum absolute atomic E-state index is 0.520. The highest BCUT2D eigenvalue weighted by Crippen LogP contribution is 2.23. The van der Waals surface area contributed by atoms with E-state index in [2.05, 4.69) is 0 Å². The van der Waals surface area contributed by atoms with E-state index in [9.17, 15) is 4.79 Å². The van der Waals surface area contributed by atoms with Gasteiger partial charge < -0.3 is 4.42 Å². The molecule has 0 aliphatic carbocycles. The van der Waals surface area contributed by atoms with Crippen LogP contribution in [0.1, 0.15) is 0 Å². The lowest BCUT2D eigenvalue weighted by Crippen LogP contribution is -2.12. The molecule has 1 aromatic heterocycles. The number of nitrogens with zero attached hydrogens (tertiary/aromatic N) is 1. The molecule has 14 heavy (non-hydrogen) atoms. The van der Waals surface area contributed by atoms with Gasteiger partial charge in [-0.3, -0.25) is 9.69 Å². The summed E-state index contributed by atoms with van der Waals surface area (Å²) in [4.78, 5) is 12.3. The number of furan rings is 1. The zero-order chi connectivity index (χ0) is 9.80. The molecule has 0 atom stereocenters. The van der Waals surface area contributed by atoms with Gasteiger partial charge >= 0.3 is 0 Å². The third-order valence-corrected chi connectivity index (χ3v) is 1.88. The molecule has 0 spiro atoms. The van der Waals surface area contributed by atoms with E-state index in [0.717, 1.165) is 12.1 Å². The Balaban J connectivity index is 2.36. The monoisotopic (exact) mass is 187 g/mol. The Labute approximate surface area is 81.6 Å². The lowest BCUT2D eigenvalue weighted by Gasteiger charge is -2.13. The van der Waals surface area contributed by atoms with Crippen LogP contribution in [0.25, 0.3) is 0 Å². The number of benzene rings is 1. The number of amides is 1. The average molecular weight is 187 g/mol. The number of carbonyl (C=O) groups is 1. The van der Waals surface area contributed by atoms with Crippen LogP contribution in [0.4, 0.5) is 11.6 Å². The van der Waals surface area contributed by atoms with E-state index in [-0.39, 0.29) is 0 Å². The van der Waals surface area contributed by atoms with Crippen molar-refractivity contribution in [2.24, 2.45) is 0 Å². The van der Waals surface area contributed by atoms with Crippen molar-refractivity contribution in [3.8, 4) is 0 Å². The minimum Gasteiger partial charge on any atom is -0.448 e. The maximum Gasteiger partial charge on any atom is 0.221 e. The summed E-state index contributed by atoms with van der Waals surface area (Å²) in [6.45, 7) is 0. The van der Waals surface area contributed by atoms with E-state index in [1.54, 1.807) is 12.1 Å². The van der Waals surface area contributed by atoms with Crippen molar-refractivity contribution in [2.45, 2.75) is 0 Å². The molecular formula is C11H9NO2. The topological polar surface area (TPSA) is 33.5 Å². The molecule has 0 saturated carbocycles. The van der Waals surface area contributed by atoms with Crippen molar-refractivity contribution in [3.05, 3.63) is 48.7 Å². The Morgan fingerprint density at radius 1 is 1.07 bits per heavy atom. The van der Waals surface area contributed by atoms with Gasteiger partial charge in [-0.15, -0.1) is 0 Å². The van der Waals surface area contributed by atoms with Crippen LogP contribution in [0.3, 0.4) is 0 Å². The highest BCUT2D eigenvalue weighted by molar-refractivity contribution is 5.83. The SMILES string of the molecule is O=CN(c1ccccc1)c1ccco1. The maximum atomic E-state index is 10.9. The van der Waals surface area contributed by atoms with Crippen LogP contribution in [0.5, 0.6) is 0 Å². The van der Waals surface area contributed by atoms with Crippen LogP contribution in [-0.2, 0) is 4.79 Å². The van der Waals surface area contributed by atoms with Crippen molar-refractivity contribution in [1.29, 1.82) is 0 Å². The van der Waals surface area contributed by atoms with E-state index in [0.29, 0.717) is 5.88 Å². The van der Waals surface area contributed by atoms with Crippen LogP contribution in [-0.4, -0.2) is 6.41 Å². The van der Waals surface area contributed by atoms with Crippen LogP contribution in [0.2, 0.25) is 0 Å². The second-order valence-corrected chi connectivity index (χ2v) is 2.76. The van der Waals surface area contributed by atoms with Gasteiger partial charge in [-0.1, -0.05) is 18.2 Å². The summed E-state index contributed by atoms with van der Waals surface area (Å²) in [6, 6.07) is 12.8. The molecule has 70 valence electrons. The van der Waals surface area contributed by atoms with E-state index in [1.807, 2.05) is 30.3 Å². The number of carbonyl (C=O) groups excluding carboxylic acids is 1. The molecule has 0 fully saturated rings. The molecule has 0 N–H and O–H groups in total. The molecule has 1 heterocycles. The van der Waals surface area contributed by atoms with Gasteiger partial charge in [0.15, 0.2) is 0 Å². The third kappa shape index (κ3) is 1.52. The van der Waals surface area contributed by atoms with Gasteiger partial charge in [0.05, 0.1) is 12.0 Å². The molecule has 0 radical (unpaired) electrons. The lowest BCUT2D eigenvalue weighted by molar-refractivity contribution is -0.107. The van der Waals surface area contributed by atoms with Crippen LogP contribution < -0.4 is 4.90 Å².